The molecule has 7 nitrogen and oxygen atoms in total. The van der Waals surface area contributed by atoms with Gasteiger partial charge in [-0.1, -0.05) is 0 Å². The maximum Gasteiger partial charge on any atom is 0.434 e. The number of hydrogen-bond acceptors (Lipinski definition) is 6. The molecule has 1 aromatic heterocycles. The van der Waals surface area contributed by atoms with Gasteiger partial charge in [-0.2, -0.15) is 13.2 Å². The minimum absolute atomic E-state index is 0.0174. The Balaban J connectivity index is 1.47. The van der Waals surface area contributed by atoms with Crippen LogP contribution in [-0.2, 0) is 10.9 Å². The van der Waals surface area contributed by atoms with Gasteiger partial charge in [-0.3, -0.25) is 4.79 Å². The fraction of sp³-hybridized carbons (Fsp3) is 0.750. The van der Waals surface area contributed by atoms with Gasteiger partial charge < -0.3 is 20.1 Å². The first-order valence-electron chi connectivity index (χ1n) is 10.5. The van der Waals surface area contributed by atoms with Crippen molar-refractivity contribution >= 4 is 11.9 Å². The average molecular weight is 462 g/mol. The van der Waals surface area contributed by atoms with Crippen molar-refractivity contribution in [2.75, 3.05) is 31.6 Å². The average Bonchev–Trinajstić information content (AvgIpc) is 2.63. The van der Waals surface area contributed by atoms with Gasteiger partial charge in [0, 0.05) is 56.9 Å². The van der Waals surface area contributed by atoms with Gasteiger partial charge in [0.25, 0.3) is 5.91 Å². The second-order valence-corrected chi connectivity index (χ2v) is 9.85. The molecule has 1 aliphatic heterocycles. The predicted octanol–water partition coefficient (Wildman–Crippen LogP) is 2.65. The lowest BCUT2D eigenvalue weighted by atomic mass is 9.48. The predicted molar refractivity (Wildman–Crippen MR) is 100 cm³/mol. The zero-order valence-corrected chi connectivity index (χ0v) is 17.1. The Morgan fingerprint density at radius 1 is 1.06 bits per heavy atom. The van der Waals surface area contributed by atoms with Crippen LogP contribution in [0.15, 0.2) is 6.20 Å². The number of aromatic nitrogens is 2. The molecule has 2 unspecified atom stereocenters. The molecule has 0 radical (unpaired) electrons. The van der Waals surface area contributed by atoms with Crippen molar-refractivity contribution in [2.45, 2.75) is 67.2 Å². The number of nitrogens with zero attached hydrogens (tertiary/aromatic N) is 3. The third-order valence-corrected chi connectivity index (χ3v) is 6.87. The third kappa shape index (κ3) is 3.70. The Labute approximate surface area is 180 Å². The summed E-state index contributed by atoms with van der Waals surface area (Å²) >= 11 is 0. The molecule has 1 saturated heterocycles. The van der Waals surface area contributed by atoms with Crippen LogP contribution in [0.5, 0.6) is 0 Å². The second-order valence-electron chi connectivity index (χ2n) is 9.85. The molecular formula is C20H23F5N4O3. The van der Waals surface area contributed by atoms with E-state index in [1.807, 2.05) is 0 Å². The number of aliphatic hydroxyl groups is 1. The standard InChI is InChI=1S/C20H23F5N4O3/c21-16-6-17(22)8-18(7-16,11-19(31,9-16)10-17)28-15-26-5-12(13(27-15)20(23,24)25)14(30)29-1-3-32-4-2-29/h5,31H,1-4,6-11H2,(H,26,27,28). The lowest BCUT2D eigenvalue weighted by molar-refractivity contribution is -0.211. The number of anilines is 1. The summed E-state index contributed by atoms with van der Waals surface area (Å²) in [5.74, 6) is -1.34. The van der Waals surface area contributed by atoms with Crippen LogP contribution in [0.25, 0.3) is 0 Å². The van der Waals surface area contributed by atoms with Crippen molar-refractivity contribution in [1.29, 1.82) is 0 Å². The zero-order chi connectivity index (χ0) is 23.0. The summed E-state index contributed by atoms with van der Waals surface area (Å²) in [5.41, 5.74) is -8.91. The Kier molecular flexibility index (Phi) is 4.57. The van der Waals surface area contributed by atoms with Gasteiger partial charge >= 0.3 is 6.18 Å². The van der Waals surface area contributed by atoms with Crippen molar-refractivity contribution < 1.29 is 36.6 Å². The molecule has 4 bridgehead atoms. The minimum Gasteiger partial charge on any atom is -0.390 e. The van der Waals surface area contributed by atoms with E-state index in [0.717, 1.165) is 6.20 Å². The van der Waals surface area contributed by atoms with Crippen molar-refractivity contribution in [3.05, 3.63) is 17.5 Å². The van der Waals surface area contributed by atoms with Crippen molar-refractivity contribution in [3.8, 4) is 0 Å². The smallest absolute Gasteiger partial charge is 0.390 e. The summed E-state index contributed by atoms with van der Waals surface area (Å²) in [5, 5.41) is 13.4. The van der Waals surface area contributed by atoms with E-state index in [4.69, 9.17) is 4.74 Å². The van der Waals surface area contributed by atoms with Gasteiger partial charge in [-0.05, 0) is 6.42 Å². The summed E-state index contributed by atoms with van der Waals surface area (Å²) in [6, 6.07) is 0. The first-order chi connectivity index (χ1) is 14.8. The van der Waals surface area contributed by atoms with Crippen LogP contribution >= 0.6 is 0 Å². The van der Waals surface area contributed by atoms with E-state index in [1.54, 1.807) is 0 Å². The number of nitrogens with one attached hydrogen (secondary N) is 1. The highest BCUT2D eigenvalue weighted by Crippen LogP contribution is 2.64. The molecule has 2 N–H and O–H groups in total. The first kappa shape index (κ1) is 21.7. The van der Waals surface area contributed by atoms with Crippen LogP contribution in [0, 0.1) is 0 Å². The fourth-order valence-electron chi connectivity index (χ4n) is 6.46. The molecule has 0 aromatic carbocycles. The van der Waals surface area contributed by atoms with Crippen LogP contribution in [0.4, 0.5) is 27.9 Å². The number of ether oxygens (including phenoxy) is 1. The van der Waals surface area contributed by atoms with Crippen LogP contribution in [0.2, 0.25) is 0 Å². The maximum absolute atomic E-state index is 15.2. The van der Waals surface area contributed by atoms with E-state index in [0.29, 0.717) is 0 Å². The number of rotatable bonds is 3. The zero-order valence-electron chi connectivity index (χ0n) is 17.1. The first-order valence-corrected chi connectivity index (χ1v) is 10.5. The molecule has 2 heterocycles. The van der Waals surface area contributed by atoms with Crippen molar-refractivity contribution in [3.63, 3.8) is 0 Å². The largest absolute Gasteiger partial charge is 0.434 e. The molecule has 4 aliphatic carbocycles. The molecule has 1 aromatic rings. The normalized spacial score (nSPS) is 38.8. The van der Waals surface area contributed by atoms with E-state index >= 15 is 8.78 Å². The third-order valence-electron chi connectivity index (χ3n) is 6.87. The summed E-state index contributed by atoms with van der Waals surface area (Å²) in [4.78, 5) is 21.3. The molecule has 5 fully saturated rings. The summed E-state index contributed by atoms with van der Waals surface area (Å²) in [6.07, 6.45) is -5.22. The number of morpholine rings is 1. The Morgan fingerprint density at radius 2 is 1.69 bits per heavy atom. The number of amides is 1. The van der Waals surface area contributed by atoms with Gasteiger partial charge in [-0.15, -0.1) is 0 Å². The van der Waals surface area contributed by atoms with Crippen LogP contribution in [0.3, 0.4) is 0 Å². The quantitative estimate of drug-likeness (QED) is 0.672. The van der Waals surface area contributed by atoms with Crippen LogP contribution < -0.4 is 5.32 Å². The monoisotopic (exact) mass is 462 g/mol. The number of hydrogen-bond donors (Lipinski definition) is 2. The number of carbonyl (C=O) groups excluding carboxylic acids is 1. The van der Waals surface area contributed by atoms with Gasteiger partial charge in [0.1, 0.15) is 11.3 Å². The Bertz CT molecular complexity index is 898. The van der Waals surface area contributed by atoms with E-state index in [1.165, 1.54) is 4.90 Å². The second kappa shape index (κ2) is 6.72. The Hall–Kier alpha value is -2.08. The summed E-state index contributed by atoms with van der Waals surface area (Å²) < 4.78 is 76.9. The molecule has 32 heavy (non-hydrogen) atoms. The number of carbonyl (C=O) groups is 1. The molecule has 12 heteroatoms. The van der Waals surface area contributed by atoms with Gasteiger partial charge in [0.05, 0.1) is 24.4 Å². The summed E-state index contributed by atoms with van der Waals surface area (Å²) in [6.45, 7) is 0.730. The number of alkyl halides is 5. The summed E-state index contributed by atoms with van der Waals surface area (Å²) in [7, 11) is 0. The number of halogens is 5. The van der Waals surface area contributed by atoms with Gasteiger partial charge in [0.15, 0.2) is 5.69 Å². The molecule has 6 rings (SSSR count). The molecule has 176 valence electrons. The minimum atomic E-state index is -4.95. The Morgan fingerprint density at radius 3 is 2.25 bits per heavy atom. The van der Waals surface area contributed by atoms with Crippen LogP contribution in [0.1, 0.15) is 54.6 Å². The van der Waals surface area contributed by atoms with Crippen molar-refractivity contribution in [1.82, 2.24) is 14.9 Å². The maximum atomic E-state index is 15.2. The van der Waals surface area contributed by atoms with Crippen molar-refractivity contribution in [2.24, 2.45) is 0 Å². The molecular weight excluding hydrogens is 439 g/mol. The highest BCUT2D eigenvalue weighted by Gasteiger charge is 2.69. The molecule has 4 saturated carbocycles. The molecule has 0 spiro atoms. The molecule has 5 aliphatic rings. The highest BCUT2D eigenvalue weighted by atomic mass is 19.4. The van der Waals surface area contributed by atoms with E-state index in [9.17, 15) is 23.1 Å². The topological polar surface area (TPSA) is 87.6 Å². The van der Waals surface area contributed by atoms with E-state index in [2.05, 4.69) is 15.3 Å². The fourth-order valence-corrected chi connectivity index (χ4v) is 6.46. The van der Waals surface area contributed by atoms with Gasteiger partial charge in [0.2, 0.25) is 5.95 Å². The molecule has 1 amide bonds. The highest BCUT2D eigenvalue weighted by molar-refractivity contribution is 5.95. The SMILES string of the molecule is O=C(c1cnc(NC23CC4(O)CC(F)(CC(F)(C4)C2)C3)nc1C(F)(F)F)N1CCOCC1. The molecule has 2 atom stereocenters. The lowest BCUT2D eigenvalue weighted by Crippen LogP contribution is -2.71. The van der Waals surface area contributed by atoms with E-state index in [-0.39, 0.29) is 64.8 Å². The van der Waals surface area contributed by atoms with Gasteiger partial charge in [-0.25, -0.2) is 18.7 Å². The lowest BCUT2D eigenvalue weighted by Gasteiger charge is -2.64. The van der Waals surface area contributed by atoms with Crippen LogP contribution in [-0.4, -0.2) is 74.7 Å². The van der Waals surface area contributed by atoms with E-state index < -0.39 is 51.8 Å².